The van der Waals surface area contributed by atoms with E-state index < -0.39 is 0 Å². The van der Waals surface area contributed by atoms with Crippen molar-refractivity contribution in [3.05, 3.63) is 18.3 Å². The Morgan fingerprint density at radius 1 is 1.45 bits per heavy atom. The third kappa shape index (κ3) is 2.03. The average Bonchev–Trinajstić information content (AvgIpc) is 3.08. The lowest BCUT2D eigenvalue weighted by Crippen LogP contribution is -2.38. The van der Waals surface area contributed by atoms with Gasteiger partial charge in [0.15, 0.2) is 0 Å². The fourth-order valence-corrected chi connectivity index (χ4v) is 2.59. The van der Waals surface area contributed by atoms with Gasteiger partial charge in [0, 0.05) is 12.1 Å². The van der Waals surface area contributed by atoms with Gasteiger partial charge < -0.3 is 15.0 Å². The molecule has 7 nitrogen and oxygen atoms in total. The smallest absolute Gasteiger partial charge is 0.234 e. The second-order valence-electron chi connectivity index (χ2n) is 5.28. The minimum absolute atomic E-state index is 0.0516. The van der Waals surface area contributed by atoms with Crippen molar-refractivity contribution in [1.29, 1.82) is 0 Å². The fraction of sp³-hybridized carbons (Fsp3) is 0.538. The van der Waals surface area contributed by atoms with Gasteiger partial charge in [-0.15, -0.1) is 0 Å². The molecule has 2 atom stereocenters. The minimum Gasteiger partial charge on any atom is -0.481 e. The summed E-state index contributed by atoms with van der Waals surface area (Å²) in [5.41, 5.74) is 6.49. The van der Waals surface area contributed by atoms with Gasteiger partial charge in [0.2, 0.25) is 17.6 Å². The predicted molar refractivity (Wildman–Crippen MR) is 71.1 cm³/mol. The van der Waals surface area contributed by atoms with Gasteiger partial charge in [0.05, 0.1) is 12.5 Å². The van der Waals surface area contributed by atoms with E-state index in [9.17, 15) is 0 Å². The SMILES string of the molecule is COc1cc(-c2noc(C3(C)CCCC3N)n2)ncn1. The molecule has 3 rings (SSSR count). The molecule has 0 aromatic carbocycles. The summed E-state index contributed by atoms with van der Waals surface area (Å²) in [6.45, 7) is 2.07. The van der Waals surface area contributed by atoms with E-state index in [2.05, 4.69) is 27.0 Å². The fourth-order valence-electron chi connectivity index (χ4n) is 2.59. The molecule has 0 aliphatic heterocycles. The van der Waals surface area contributed by atoms with E-state index in [-0.39, 0.29) is 11.5 Å². The highest BCUT2D eigenvalue weighted by Gasteiger charge is 2.42. The number of hydrogen-bond donors (Lipinski definition) is 1. The quantitative estimate of drug-likeness (QED) is 0.901. The maximum atomic E-state index is 6.17. The first-order valence-electron chi connectivity index (χ1n) is 6.59. The highest BCUT2D eigenvalue weighted by atomic mass is 16.5. The molecule has 0 spiro atoms. The van der Waals surface area contributed by atoms with Crippen LogP contribution in [0.2, 0.25) is 0 Å². The lowest BCUT2D eigenvalue weighted by atomic mass is 9.85. The number of aromatic nitrogens is 4. The maximum Gasteiger partial charge on any atom is 0.234 e. The first-order chi connectivity index (χ1) is 9.63. The van der Waals surface area contributed by atoms with Crippen LogP contribution >= 0.6 is 0 Å². The van der Waals surface area contributed by atoms with Crippen molar-refractivity contribution in [3.63, 3.8) is 0 Å². The molecule has 2 aromatic rings. The molecule has 2 unspecified atom stereocenters. The van der Waals surface area contributed by atoms with Crippen molar-refractivity contribution in [2.24, 2.45) is 5.73 Å². The summed E-state index contributed by atoms with van der Waals surface area (Å²) in [7, 11) is 1.55. The first kappa shape index (κ1) is 13.0. The Hall–Kier alpha value is -2.02. The molecular weight excluding hydrogens is 258 g/mol. The number of ether oxygens (including phenoxy) is 1. The summed E-state index contributed by atoms with van der Waals surface area (Å²) in [4.78, 5) is 12.5. The lowest BCUT2D eigenvalue weighted by Gasteiger charge is -2.23. The molecule has 2 heterocycles. The molecule has 7 heteroatoms. The van der Waals surface area contributed by atoms with Gasteiger partial charge in [-0.05, 0) is 19.8 Å². The van der Waals surface area contributed by atoms with Gasteiger partial charge in [0.1, 0.15) is 12.0 Å². The van der Waals surface area contributed by atoms with E-state index in [1.54, 1.807) is 13.2 Å². The average molecular weight is 275 g/mol. The monoisotopic (exact) mass is 275 g/mol. The number of methoxy groups -OCH3 is 1. The van der Waals surface area contributed by atoms with Crippen LogP contribution in [0.1, 0.15) is 32.1 Å². The highest BCUT2D eigenvalue weighted by molar-refractivity contribution is 5.49. The van der Waals surface area contributed by atoms with Gasteiger partial charge in [-0.25, -0.2) is 9.97 Å². The highest BCUT2D eigenvalue weighted by Crippen LogP contribution is 2.39. The largest absolute Gasteiger partial charge is 0.481 e. The molecule has 2 N–H and O–H groups in total. The Labute approximate surface area is 116 Å². The molecule has 1 aliphatic carbocycles. The molecule has 1 saturated carbocycles. The molecule has 1 aliphatic rings. The van der Waals surface area contributed by atoms with Crippen LogP contribution < -0.4 is 10.5 Å². The Bertz CT molecular complexity index is 614. The second kappa shape index (κ2) is 4.82. The molecule has 20 heavy (non-hydrogen) atoms. The van der Waals surface area contributed by atoms with E-state index in [4.69, 9.17) is 15.0 Å². The zero-order valence-electron chi connectivity index (χ0n) is 11.5. The molecule has 1 fully saturated rings. The maximum absolute atomic E-state index is 6.17. The number of hydrogen-bond acceptors (Lipinski definition) is 7. The van der Waals surface area contributed by atoms with Crippen molar-refractivity contribution >= 4 is 0 Å². The zero-order chi connectivity index (χ0) is 14.2. The van der Waals surface area contributed by atoms with E-state index in [0.717, 1.165) is 19.3 Å². The standard InChI is InChI=1S/C13H17N5O2/c1-13(5-3-4-9(13)14)12-17-11(18-20-12)8-6-10(19-2)16-7-15-8/h6-7,9H,3-5,14H2,1-2H3. The molecule has 106 valence electrons. The van der Waals surface area contributed by atoms with Crippen molar-refractivity contribution in [1.82, 2.24) is 20.1 Å². The predicted octanol–water partition coefficient (Wildman–Crippen LogP) is 1.30. The number of nitrogens with zero attached hydrogens (tertiary/aromatic N) is 4. The van der Waals surface area contributed by atoms with E-state index >= 15 is 0 Å². The summed E-state index contributed by atoms with van der Waals surface area (Å²) in [6, 6.07) is 1.72. The Morgan fingerprint density at radius 2 is 2.30 bits per heavy atom. The minimum atomic E-state index is -0.248. The van der Waals surface area contributed by atoms with Gasteiger partial charge in [-0.2, -0.15) is 4.98 Å². The molecule has 0 saturated heterocycles. The summed E-state index contributed by atoms with van der Waals surface area (Å²) in [5, 5.41) is 4.00. The molecule has 0 radical (unpaired) electrons. The van der Waals surface area contributed by atoms with Crippen LogP contribution in [-0.2, 0) is 5.41 Å². The summed E-state index contributed by atoms with van der Waals surface area (Å²) in [6.07, 6.45) is 4.43. The van der Waals surface area contributed by atoms with Crippen molar-refractivity contribution in [2.45, 2.75) is 37.6 Å². The second-order valence-corrected chi connectivity index (χ2v) is 5.28. The molecule has 0 amide bonds. The topological polar surface area (TPSA) is 100.0 Å². The van der Waals surface area contributed by atoms with Gasteiger partial charge in [-0.1, -0.05) is 11.6 Å². The number of rotatable bonds is 3. The van der Waals surface area contributed by atoms with Crippen LogP contribution in [0.3, 0.4) is 0 Å². The van der Waals surface area contributed by atoms with Crippen molar-refractivity contribution < 1.29 is 9.26 Å². The van der Waals surface area contributed by atoms with Gasteiger partial charge in [0.25, 0.3) is 0 Å². The van der Waals surface area contributed by atoms with Gasteiger partial charge >= 0.3 is 0 Å². The molecule has 0 bridgehead atoms. The van der Waals surface area contributed by atoms with E-state index in [1.165, 1.54) is 6.33 Å². The van der Waals surface area contributed by atoms with Crippen LogP contribution in [-0.4, -0.2) is 33.3 Å². The van der Waals surface area contributed by atoms with Crippen LogP contribution in [0.5, 0.6) is 5.88 Å². The van der Waals surface area contributed by atoms with Crippen LogP contribution in [0, 0.1) is 0 Å². The third-order valence-corrected chi connectivity index (χ3v) is 4.02. The normalized spacial score (nSPS) is 25.9. The zero-order valence-corrected chi connectivity index (χ0v) is 11.5. The Balaban J connectivity index is 1.94. The van der Waals surface area contributed by atoms with E-state index in [1.807, 2.05) is 0 Å². The molecule has 2 aromatic heterocycles. The Kier molecular flexibility index (Phi) is 3.13. The van der Waals surface area contributed by atoms with Crippen LogP contribution in [0.4, 0.5) is 0 Å². The first-order valence-corrected chi connectivity index (χ1v) is 6.59. The van der Waals surface area contributed by atoms with E-state index in [0.29, 0.717) is 23.3 Å². The molecular formula is C13H17N5O2. The summed E-state index contributed by atoms with van der Waals surface area (Å²) < 4.78 is 10.5. The third-order valence-electron chi connectivity index (χ3n) is 4.02. The Morgan fingerprint density at radius 3 is 3.00 bits per heavy atom. The summed E-state index contributed by atoms with van der Waals surface area (Å²) >= 11 is 0. The summed E-state index contributed by atoms with van der Waals surface area (Å²) in [5.74, 6) is 1.47. The van der Waals surface area contributed by atoms with Gasteiger partial charge in [-0.3, -0.25) is 0 Å². The van der Waals surface area contributed by atoms with Crippen molar-refractivity contribution in [3.8, 4) is 17.4 Å². The lowest BCUT2D eigenvalue weighted by molar-refractivity contribution is 0.278. The van der Waals surface area contributed by atoms with Crippen LogP contribution in [0.15, 0.2) is 16.9 Å². The van der Waals surface area contributed by atoms with Crippen molar-refractivity contribution in [2.75, 3.05) is 7.11 Å². The number of nitrogens with two attached hydrogens (primary N) is 1. The van der Waals surface area contributed by atoms with Crippen LogP contribution in [0.25, 0.3) is 11.5 Å².